The maximum atomic E-state index is 12.3. The lowest BCUT2D eigenvalue weighted by Gasteiger charge is -2.08. The van der Waals surface area contributed by atoms with Crippen molar-refractivity contribution in [1.82, 2.24) is 0 Å². The molecule has 2 aromatic carbocycles. The predicted molar refractivity (Wildman–Crippen MR) is 69.9 cm³/mol. The quantitative estimate of drug-likeness (QED) is 0.628. The van der Waals surface area contributed by atoms with E-state index < -0.39 is 0 Å². The minimum atomic E-state index is -0.371. The topological polar surface area (TPSA) is 86.2 Å². The molecule has 4 nitrogen and oxygen atoms in total. The molecule has 0 heterocycles. The first-order chi connectivity index (χ1) is 8.65. The van der Waals surface area contributed by atoms with Gasteiger partial charge in [0, 0.05) is 22.5 Å². The highest BCUT2D eigenvalue weighted by Gasteiger charge is 2.18. The smallest absolute Gasteiger partial charge is 0.234 e. The third-order valence-corrected chi connectivity index (χ3v) is 2.64. The molecule has 0 amide bonds. The van der Waals surface area contributed by atoms with Crippen molar-refractivity contribution >= 4 is 23.4 Å². The Bertz CT molecular complexity index is 621. The summed E-state index contributed by atoms with van der Waals surface area (Å²) in [6.07, 6.45) is 1.71. The standard InChI is InChI=1S/C14H11N2O2/c15-11-6-2-1-5-10(11)14(18)13-9(8-17)4-3-7-12(13)16/h1-7H,15-16H2. The van der Waals surface area contributed by atoms with E-state index in [1.807, 2.05) is 0 Å². The van der Waals surface area contributed by atoms with E-state index in [-0.39, 0.29) is 22.6 Å². The highest BCUT2D eigenvalue weighted by Crippen LogP contribution is 2.22. The number of carbonyl (C=O) groups excluding carboxylic acids is 2. The summed E-state index contributed by atoms with van der Waals surface area (Å²) in [5.74, 6) is -0.371. The third-order valence-electron chi connectivity index (χ3n) is 2.64. The average Bonchev–Trinajstić information content (AvgIpc) is 2.38. The van der Waals surface area contributed by atoms with E-state index in [2.05, 4.69) is 0 Å². The van der Waals surface area contributed by atoms with Crippen molar-refractivity contribution in [3.63, 3.8) is 0 Å². The molecule has 0 aliphatic heterocycles. The van der Waals surface area contributed by atoms with Crippen LogP contribution in [0.25, 0.3) is 0 Å². The van der Waals surface area contributed by atoms with Gasteiger partial charge in [0.25, 0.3) is 0 Å². The van der Waals surface area contributed by atoms with Crippen LogP contribution in [0.15, 0.2) is 42.5 Å². The lowest BCUT2D eigenvalue weighted by atomic mass is 9.96. The van der Waals surface area contributed by atoms with Gasteiger partial charge < -0.3 is 11.5 Å². The largest absolute Gasteiger partial charge is 0.398 e. The molecular weight excluding hydrogens is 228 g/mol. The first kappa shape index (κ1) is 11.9. The zero-order valence-corrected chi connectivity index (χ0v) is 9.51. The molecule has 1 radical (unpaired) electrons. The zero-order chi connectivity index (χ0) is 13.1. The maximum Gasteiger partial charge on any atom is 0.234 e. The first-order valence-corrected chi connectivity index (χ1v) is 5.31. The molecular formula is C14H11N2O2. The van der Waals surface area contributed by atoms with Crippen molar-refractivity contribution in [1.29, 1.82) is 0 Å². The second kappa shape index (κ2) is 4.71. The second-order valence-corrected chi connectivity index (χ2v) is 3.79. The summed E-state index contributed by atoms with van der Waals surface area (Å²) in [6.45, 7) is 0. The molecule has 18 heavy (non-hydrogen) atoms. The van der Waals surface area contributed by atoms with Crippen LogP contribution in [0.5, 0.6) is 0 Å². The summed E-state index contributed by atoms with van der Waals surface area (Å²) in [5, 5.41) is 0. The van der Waals surface area contributed by atoms with Gasteiger partial charge in [0.2, 0.25) is 6.29 Å². The third kappa shape index (κ3) is 1.96. The fourth-order valence-corrected chi connectivity index (χ4v) is 1.75. The van der Waals surface area contributed by atoms with Crippen molar-refractivity contribution < 1.29 is 9.59 Å². The second-order valence-electron chi connectivity index (χ2n) is 3.79. The Morgan fingerprint density at radius 3 is 2.28 bits per heavy atom. The van der Waals surface area contributed by atoms with Gasteiger partial charge in [-0.05, 0) is 18.2 Å². The molecule has 4 heteroatoms. The summed E-state index contributed by atoms with van der Waals surface area (Å²) in [4.78, 5) is 23.2. The molecule has 0 spiro atoms. The van der Waals surface area contributed by atoms with E-state index in [1.54, 1.807) is 42.7 Å². The highest BCUT2D eigenvalue weighted by atomic mass is 16.1. The Morgan fingerprint density at radius 2 is 1.61 bits per heavy atom. The van der Waals surface area contributed by atoms with Crippen molar-refractivity contribution in [2.24, 2.45) is 0 Å². The van der Waals surface area contributed by atoms with Crippen molar-refractivity contribution in [2.45, 2.75) is 0 Å². The van der Waals surface area contributed by atoms with E-state index in [9.17, 15) is 9.59 Å². The number of nitrogen functional groups attached to an aromatic ring is 2. The monoisotopic (exact) mass is 239 g/mol. The summed E-state index contributed by atoms with van der Waals surface area (Å²) in [7, 11) is 0. The molecule has 0 aliphatic carbocycles. The van der Waals surface area contributed by atoms with Gasteiger partial charge in [-0.1, -0.05) is 24.3 Å². The van der Waals surface area contributed by atoms with E-state index in [0.717, 1.165) is 0 Å². The van der Waals surface area contributed by atoms with Crippen molar-refractivity contribution in [2.75, 3.05) is 11.5 Å². The molecule has 0 aromatic heterocycles. The van der Waals surface area contributed by atoms with Gasteiger partial charge in [-0.15, -0.1) is 0 Å². The van der Waals surface area contributed by atoms with Crippen LogP contribution in [0.1, 0.15) is 21.5 Å². The Morgan fingerprint density at radius 1 is 0.944 bits per heavy atom. The number of carbonyl (C=O) groups is 1. The van der Waals surface area contributed by atoms with E-state index >= 15 is 0 Å². The summed E-state index contributed by atoms with van der Waals surface area (Å²) in [6, 6.07) is 11.3. The fourth-order valence-electron chi connectivity index (χ4n) is 1.75. The molecule has 0 aliphatic rings. The summed E-state index contributed by atoms with van der Waals surface area (Å²) < 4.78 is 0. The van der Waals surface area contributed by atoms with Crippen LogP contribution in [0.3, 0.4) is 0 Å². The summed E-state index contributed by atoms with van der Waals surface area (Å²) >= 11 is 0. The van der Waals surface area contributed by atoms with Gasteiger partial charge >= 0.3 is 0 Å². The number of hydrogen-bond acceptors (Lipinski definition) is 4. The number of hydrogen-bond donors (Lipinski definition) is 2. The van der Waals surface area contributed by atoms with Crippen molar-refractivity contribution in [3.05, 3.63) is 59.2 Å². The first-order valence-electron chi connectivity index (χ1n) is 5.31. The van der Waals surface area contributed by atoms with E-state index in [4.69, 9.17) is 11.5 Å². The minimum Gasteiger partial charge on any atom is -0.398 e. The lowest BCUT2D eigenvalue weighted by molar-refractivity contribution is 0.104. The highest BCUT2D eigenvalue weighted by molar-refractivity contribution is 6.18. The molecule has 0 unspecified atom stereocenters. The van der Waals surface area contributed by atoms with Crippen LogP contribution in [0, 0.1) is 0 Å². The van der Waals surface area contributed by atoms with Gasteiger partial charge in [-0.3, -0.25) is 9.59 Å². The Labute approximate surface area is 104 Å². The van der Waals surface area contributed by atoms with Crippen LogP contribution in [-0.4, -0.2) is 12.1 Å². The molecule has 2 aromatic rings. The summed E-state index contributed by atoms with van der Waals surface area (Å²) in [5.41, 5.74) is 12.7. The SMILES string of the molecule is Nc1ccccc1C(=O)c1c(N)cccc1[C]=O. The van der Waals surface area contributed by atoms with Crippen LogP contribution >= 0.6 is 0 Å². The Kier molecular flexibility index (Phi) is 3.10. The van der Waals surface area contributed by atoms with Gasteiger partial charge in [0.1, 0.15) is 0 Å². The zero-order valence-electron chi connectivity index (χ0n) is 9.51. The molecule has 0 atom stereocenters. The number of ketones is 1. The molecule has 0 fully saturated rings. The Hall–Kier alpha value is -2.62. The number of para-hydroxylation sites is 1. The molecule has 89 valence electrons. The molecule has 2 rings (SSSR count). The van der Waals surface area contributed by atoms with Crippen molar-refractivity contribution in [3.8, 4) is 0 Å². The molecule has 0 bridgehead atoms. The predicted octanol–water partition coefficient (Wildman–Crippen LogP) is 1.54. The van der Waals surface area contributed by atoms with E-state index in [0.29, 0.717) is 11.3 Å². The maximum absolute atomic E-state index is 12.3. The van der Waals surface area contributed by atoms with Crippen LogP contribution in [0.4, 0.5) is 11.4 Å². The van der Waals surface area contributed by atoms with Gasteiger partial charge in [0.15, 0.2) is 5.78 Å². The number of anilines is 2. The van der Waals surface area contributed by atoms with Gasteiger partial charge in [0.05, 0.1) is 5.56 Å². The number of rotatable bonds is 3. The lowest BCUT2D eigenvalue weighted by Crippen LogP contribution is -2.11. The van der Waals surface area contributed by atoms with Gasteiger partial charge in [-0.2, -0.15) is 0 Å². The number of benzene rings is 2. The Balaban J connectivity index is 2.60. The number of nitrogens with two attached hydrogens (primary N) is 2. The molecule has 0 saturated heterocycles. The van der Waals surface area contributed by atoms with Crippen LogP contribution in [0.2, 0.25) is 0 Å². The normalized spacial score (nSPS) is 10.0. The minimum absolute atomic E-state index is 0.142. The van der Waals surface area contributed by atoms with Crippen LogP contribution in [-0.2, 0) is 4.79 Å². The molecule has 0 saturated carbocycles. The fraction of sp³-hybridized carbons (Fsp3) is 0. The van der Waals surface area contributed by atoms with Gasteiger partial charge in [-0.25, -0.2) is 0 Å². The van der Waals surface area contributed by atoms with E-state index in [1.165, 1.54) is 6.07 Å². The van der Waals surface area contributed by atoms with Crippen LogP contribution < -0.4 is 11.5 Å². The molecule has 4 N–H and O–H groups in total. The average molecular weight is 239 g/mol.